The Bertz CT molecular complexity index is 1180. The number of amides is 3. The zero-order chi connectivity index (χ0) is 29.4. The molecule has 2 aromatic carbocycles. The molecule has 40 heavy (non-hydrogen) atoms. The van der Waals surface area contributed by atoms with Gasteiger partial charge in [-0.15, -0.1) is 0 Å². The minimum absolute atomic E-state index is 0.127. The Labute approximate surface area is 238 Å². The van der Waals surface area contributed by atoms with E-state index >= 15 is 0 Å². The topological polar surface area (TPSA) is 94.2 Å². The van der Waals surface area contributed by atoms with Crippen LogP contribution in [0.2, 0.25) is 0 Å². The van der Waals surface area contributed by atoms with E-state index in [1.807, 2.05) is 30.3 Å². The molecule has 1 fully saturated rings. The number of likely N-dealkylation sites (tertiary alicyclic amines) is 1. The van der Waals surface area contributed by atoms with Crippen LogP contribution in [0, 0.1) is 0 Å². The van der Waals surface area contributed by atoms with E-state index in [0.29, 0.717) is 22.9 Å². The van der Waals surface area contributed by atoms with Crippen molar-refractivity contribution in [3.63, 3.8) is 0 Å². The van der Waals surface area contributed by atoms with E-state index in [9.17, 15) is 14.4 Å². The minimum atomic E-state index is -0.233. The van der Waals surface area contributed by atoms with E-state index < -0.39 is 0 Å². The molecular weight excluding hydrogens is 508 g/mol. The van der Waals surface area contributed by atoms with Crippen LogP contribution >= 0.6 is 0 Å². The first-order chi connectivity index (χ1) is 19.0. The molecule has 8 heteroatoms. The van der Waals surface area contributed by atoms with Gasteiger partial charge in [0, 0.05) is 42.6 Å². The monoisotopic (exact) mass is 552 g/mol. The van der Waals surface area contributed by atoms with E-state index in [4.69, 9.17) is 14.2 Å². The molecule has 1 atom stereocenters. The minimum Gasteiger partial charge on any atom is -0.496 e. The second kappa shape index (κ2) is 13.7. The molecule has 0 radical (unpaired) electrons. The number of anilines is 1. The lowest BCUT2D eigenvalue weighted by molar-refractivity contribution is -0.139. The quantitative estimate of drug-likeness (QED) is 0.230. The molecule has 8 nitrogen and oxygen atoms in total. The van der Waals surface area contributed by atoms with Gasteiger partial charge in [0.1, 0.15) is 17.2 Å². The molecular formula is C32H44N2O6. The van der Waals surface area contributed by atoms with Gasteiger partial charge in [-0.2, -0.15) is 0 Å². The summed E-state index contributed by atoms with van der Waals surface area (Å²) in [5.74, 6) is 1.29. The van der Waals surface area contributed by atoms with Gasteiger partial charge >= 0.3 is 0 Å². The van der Waals surface area contributed by atoms with Crippen LogP contribution in [0.15, 0.2) is 30.3 Å². The van der Waals surface area contributed by atoms with Crippen LogP contribution in [-0.4, -0.2) is 44.0 Å². The fourth-order valence-electron chi connectivity index (χ4n) is 5.28. The van der Waals surface area contributed by atoms with Crippen molar-refractivity contribution in [1.82, 2.24) is 4.90 Å². The summed E-state index contributed by atoms with van der Waals surface area (Å²) in [4.78, 5) is 39.3. The van der Waals surface area contributed by atoms with Gasteiger partial charge in [0.15, 0.2) is 0 Å². The van der Waals surface area contributed by atoms with Gasteiger partial charge in [-0.25, -0.2) is 0 Å². The normalized spacial score (nSPS) is 14.3. The number of hydrogen-bond donors (Lipinski definition) is 1. The molecule has 0 aliphatic carbocycles. The highest BCUT2D eigenvalue weighted by Crippen LogP contribution is 2.43. The number of nitrogens with one attached hydrogen (secondary N) is 1. The number of benzene rings is 2. The van der Waals surface area contributed by atoms with Crippen LogP contribution in [0.4, 0.5) is 5.69 Å². The lowest BCUT2D eigenvalue weighted by atomic mass is 9.84. The fraction of sp³-hybridized carbons (Fsp3) is 0.531. The summed E-state index contributed by atoms with van der Waals surface area (Å²) in [6.45, 7) is 8.62. The zero-order valence-corrected chi connectivity index (χ0v) is 25.0. The van der Waals surface area contributed by atoms with Crippen LogP contribution in [0.1, 0.15) is 95.2 Å². The number of nitrogens with zero attached hydrogens (tertiary/aromatic N) is 1. The van der Waals surface area contributed by atoms with E-state index in [-0.39, 0.29) is 54.9 Å². The van der Waals surface area contributed by atoms with Crippen LogP contribution in [0.3, 0.4) is 0 Å². The second-order valence-electron chi connectivity index (χ2n) is 11.4. The van der Waals surface area contributed by atoms with Crippen molar-refractivity contribution in [2.45, 2.75) is 90.5 Å². The van der Waals surface area contributed by atoms with Crippen molar-refractivity contribution < 1.29 is 28.6 Å². The molecule has 3 rings (SSSR count). The Morgan fingerprint density at radius 1 is 0.950 bits per heavy atom. The van der Waals surface area contributed by atoms with Crippen LogP contribution in [0.25, 0.3) is 0 Å². The number of rotatable bonds is 13. The van der Waals surface area contributed by atoms with Gasteiger partial charge in [0.2, 0.25) is 17.7 Å². The lowest BCUT2D eigenvalue weighted by Crippen LogP contribution is -2.28. The SMILES string of the molecule is CCCCCC(CC(=O)Nc1cc(CN2C(=O)CCC2=O)ccc1C(C)(C)C)c1c(OC)cc(OC)cc1OC. The molecule has 2 aromatic rings. The van der Waals surface area contributed by atoms with E-state index in [2.05, 4.69) is 33.0 Å². The Morgan fingerprint density at radius 2 is 1.57 bits per heavy atom. The zero-order valence-electron chi connectivity index (χ0n) is 25.0. The highest BCUT2D eigenvalue weighted by atomic mass is 16.5. The molecule has 218 valence electrons. The van der Waals surface area contributed by atoms with Gasteiger partial charge in [-0.3, -0.25) is 19.3 Å². The molecule has 1 aliphatic heterocycles. The standard InChI is InChI=1S/C32H44N2O6/c1-8-9-10-11-22(31-26(39-6)18-23(38-5)19-27(31)40-7)17-28(35)33-25-16-21(12-13-24(25)32(2,3)4)20-34-29(36)14-15-30(34)37/h12-13,16,18-19,22H,8-11,14-15,17,20H2,1-7H3,(H,33,35). The summed E-state index contributed by atoms with van der Waals surface area (Å²) >= 11 is 0. The average Bonchev–Trinajstić information content (AvgIpc) is 3.23. The van der Waals surface area contributed by atoms with Crippen molar-refractivity contribution >= 4 is 23.4 Å². The van der Waals surface area contributed by atoms with Crippen LogP contribution in [-0.2, 0) is 26.3 Å². The summed E-state index contributed by atoms with van der Waals surface area (Å²) in [5.41, 5.74) is 3.09. The number of methoxy groups -OCH3 is 3. The molecule has 1 heterocycles. The summed E-state index contributed by atoms with van der Waals surface area (Å²) in [6.07, 6.45) is 4.63. The van der Waals surface area contributed by atoms with Gasteiger partial charge in [0.05, 0.1) is 27.9 Å². The van der Waals surface area contributed by atoms with E-state index in [1.54, 1.807) is 21.3 Å². The van der Waals surface area contributed by atoms with Crippen LogP contribution < -0.4 is 19.5 Å². The number of unbranched alkanes of at least 4 members (excludes halogenated alkanes) is 2. The molecule has 1 N–H and O–H groups in total. The maximum atomic E-state index is 13.7. The fourth-order valence-corrected chi connectivity index (χ4v) is 5.28. The first kappa shape index (κ1) is 31.0. The highest BCUT2D eigenvalue weighted by Gasteiger charge is 2.30. The number of ether oxygens (including phenoxy) is 3. The van der Waals surface area contributed by atoms with Gasteiger partial charge in [0.25, 0.3) is 0 Å². The molecule has 0 aromatic heterocycles. The third-order valence-corrected chi connectivity index (χ3v) is 7.41. The maximum Gasteiger partial charge on any atom is 0.229 e. The Morgan fingerprint density at radius 3 is 2.10 bits per heavy atom. The number of hydrogen-bond acceptors (Lipinski definition) is 6. The summed E-state index contributed by atoms with van der Waals surface area (Å²) in [5, 5.41) is 3.16. The molecule has 1 aliphatic rings. The molecule has 0 spiro atoms. The third-order valence-electron chi connectivity index (χ3n) is 7.41. The predicted molar refractivity (Wildman–Crippen MR) is 156 cm³/mol. The van der Waals surface area contributed by atoms with Crippen molar-refractivity contribution in [3.8, 4) is 17.2 Å². The number of carbonyl (C=O) groups is 3. The van der Waals surface area contributed by atoms with Crippen molar-refractivity contribution in [1.29, 1.82) is 0 Å². The molecule has 0 saturated carbocycles. The largest absolute Gasteiger partial charge is 0.496 e. The number of carbonyl (C=O) groups excluding carboxylic acids is 3. The van der Waals surface area contributed by atoms with E-state index in [0.717, 1.165) is 42.4 Å². The second-order valence-corrected chi connectivity index (χ2v) is 11.4. The smallest absolute Gasteiger partial charge is 0.229 e. The van der Waals surface area contributed by atoms with Gasteiger partial charge < -0.3 is 19.5 Å². The van der Waals surface area contributed by atoms with Gasteiger partial charge in [-0.05, 0) is 34.9 Å². The van der Waals surface area contributed by atoms with E-state index in [1.165, 1.54) is 4.90 Å². The number of imide groups is 1. The van der Waals surface area contributed by atoms with Crippen molar-refractivity contribution in [2.24, 2.45) is 0 Å². The predicted octanol–water partition coefficient (Wildman–Crippen LogP) is 6.35. The summed E-state index contributed by atoms with van der Waals surface area (Å²) in [7, 11) is 4.81. The van der Waals surface area contributed by atoms with Gasteiger partial charge in [-0.1, -0.05) is 59.1 Å². The highest BCUT2D eigenvalue weighted by molar-refractivity contribution is 6.01. The molecule has 0 bridgehead atoms. The van der Waals surface area contributed by atoms with Crippen molar-refractivity contribution in [3.05, 3.63) is 47.0 Å². The average molecular weight is 553 g/mol. The van der Waals surface area contributed by atoms with Crippen molar-refractivity contribution in [2.75, 3.05) is 26.6 Å². The Hall–Kier alpha value is -3.55. The molecule has 1 saturated heterocycles. The molecule has 1 unspecified atom stereocenters. The summed E-state index contributed by atoms with van der Waals surface area (Å²) < 4.78 is 16.9. The first-order valence-electron chi connectivity index (χ1n) is 14.1. The first-order valence-corrected chi connectivity index (χ1v) is 14.1. The maximum absolute atomic E-state index is 13.7. The lowest BCUT2D eigenvalue weighted by Gasteiger charge is -2.26. The Balaban J connectivity index is 1.93. The van der Waals surface area contributed by atoms with Crippen LogP contribution in [0.5, 0.6) is 17.2 Å². The Kier molecular flexibility index (Phi) is 10.6. The summed E-state index contributed by atoms with van der Waals surface area (Å²) in [6, 6.07) is 9.44. The molecule has 3 amide bonds. The third kappa shape index (κ3) is 7.55.